The molecule has 0 spiro atoms. The van der Waals surface area contributed by atoms with Crippen molar-refractivity contribution in [1.29, 1.82) is 0 Å². The summed E-state index contributed by atoms with van der Waals surface area (Å²) in [5.74, 6) is 0. The largest absolute Gasteiger partial charge is 0.383 e. The van der Waals surface area contributed by atoms with E-state index in [0.717, 1.165) is 30.6 Å². The lowest BCUT2D eigenvalue weighted by Crippen LogP contribution is -2.32. The van der Waals surface area contributed by atoms with Gasteiger partial charge in [0.2, 0.25) is 0 Å². The zero-order valence-electron chi connectivity index (χ0n) is 12.4. The maximum Gasteiger partial charge on any atom is 0.0663 e. The maximum atomic E-state index is 5.21. The fraction of sp³-hybridized carbons (Fsp3) is 0.600. The second kappa shape index (κ2) is 8.56. The molecule has 0 saturated heterocycles. The highest BCUT2D eigenvalue weighted by atomic mass is 79.9. The van der Waals surface area contributed by atoms with E-state index in [1.807, 2.05) is 0 Å². The predicted molar refractivity (Wildman–Crippen MR) is 85.9 cm³/mol. The summed E-state index contributed by atoms with van der Waals surface area (Å²) >= 11 is 3.67. The Morgan fingerprint density at radius 3 is 2.74 bits per heavy atom. The molecule has 0 aliphatic heterocycles. The molecule has 4 heteroatoms. The van der Waals surface area contributed by atoms with Gasteiger partial charge in [0.1, 0.15) is 0 Å². The molecule has 1 atom stereocenters. The van der Waals surface area contributed by atoms with E-state index in [2.05, 4.69) is 65.2 Å². The van der Waals surface area contributed by atoms with Crippen LogP contribution in [0, 0.1) is 0 Å². The molecule has 1 N–H and O–H groups in total. The van der Waals surface area contributed by atoms with E-state index in [9.17, 15) is 0 Å². The van der Waals surface area contributed by atoms with Gasteiger partial charge in [0, 0.05) is 31.2 Å². The van der Waals surface area contributed by atoms with Crippen LogP contribution in [0.3, 0.4) is 0 Å². The molecule has 19 heavy (non-hydrogen) atoms. The van der Waals surface area contributed by atoms with E-state index in [1.54, 1.807) is 7.11 Å². The zero-order chi connectivity index (χ0) is 14.3. The van der Waals surface area contributed by atoms with Crippen molar-refractivity contribution in [1.82, 2.24) is 5.32 Å². The number of nitrogens with zero attached hydrogens (tertiary/aromatic N) is 1. The molecule has 0 saturated carbocycles. The Hall–Kier alpha value is -0.580. The SMILES string of the molecule is CCCNCc1ccc(N(C)C(C)COC)c(Br)c1. The highest BCUT2D eigenvalue weighted by Crippen LogP contribution is 2.27. The summed E-state index contributed by atoms with van der Waals surface area (Å²) in [6.45, 7) is 7.04. The molecule has 0 aliphatic rings. The van der Waals surface area contributed by atoms with Crippen molar-refractivity contribution in [2.75, 3.05) is 32.2 Å². The molecule has 1 aromatic rings. The molecule has 1 rings (SSSR count). The molecule has 0 bridgehead atoms. The fourth-order valence-electron chi connectivity index (χ4n) is 1.95. The summed E-state index contributed by atoms with van der Waals surface area (Å²) in [4.78, 5) is 2.23. The summed E-state index contributed by atoms with van der Waals surface area (Å²) in [6, 6.07) is 6.89. The van der Waals surface area contributed by atoms with E-state index in [4.69, 9.17) is 4.74 Å². The quantitative estimate of drug-likeness (QED) is 0.740. The summed E-state index contributed by atoms with van der Waals surface area (Å²) < 4.78 is 6.34. The molecule has 3 nitrogen and oxygen atoms in total. The highest BCUT2D eigenvalue weighted by molar-refractivity contribution is 9.10. The first-order chi connectivity index (χ1) is 9.10. The lowest BCUT2D eigenvalue weighted by atomic mass is 10.1. The van der Waals surface area contributed by atoms with E-state index >= 15 is 0 Å². The third kappa shape index (κ3) is 5.13. The Kier molecular flexibility index (Phi) is 7.42. The molecule has 1 unspecified atom stereocenters. The van der Waals surface area contributed by atoms with Crippen LogP contribution >= 0.6 is 15.9 Å². The first-order valence-electron chi connectivity index (χ1n) is 6.81. The second-order valence-electron chi connectivity index (χ2n) is 4.88. The highest BCUT2D eigenvalue weighted by Gasteiger charge is 2.12. The molecule has 1 aromatic carbocycles. The van der Waals surface area contributed by atoms with Crippen LogP contribution in [-0.2, 0) is 11.3 Å². The van der Waals surface area contributed by atoms with Crippen LogP contribution in [0.2, 0.25) is 0 Å². The topological polar surface area (TPSA) is 24.5 Å². The van der Waals surface area contributed by atoms with Crippen LogP contribution in [0.5, 0.6) is 0 Å². The standard InChI is InChI=1S/C15H25BrN2O/c1-5-8-17-10-13-6-7-15(14(16)9-13)18(3)12(2)11-19-4/h6-7,9,12,17H,5,8,10-11H2,1-4H3. The lowest BCUT2D eigenvalue weighted by molar-refractivity contribution is 0.183. The van der Waals surface area contributed by atoms with Crippen LogP contribution in [0.25, 0.3) is 0 Å². The lowest BCUT2D eigenvalue weighted by Gasteiger charge is -2.27. The number of benzene rings is 1. The molecule has 0 fully saturated rings. The number of nitrogens with one attached hydrogen (secondary N) is 1. The normalized spacial score (nSPS) is 12.5. The monoisotopic (exact) mass is 328 g/mol. The fourth-order valence-corrected chi connectivity index (χ4v) is 2.65. The van der Waals surface area contributed by atoms with E-state index < -0.39 is 0 Å². The van der Waals surface area contributed by atoms with Crippen molar-refractivity contribution in [3.05, 3.63) is 28.2 Å². The van der Waals surface area contributed by atoms with E-state index in [0.29, 0.717) is 6.04 Å². The number of anilines is 1. The molecular weight excluding hydrogens is 304 g/mol. The van der Waals surface area contributed by atoms with Gasteiger partial charge in [-0.05, 0) is 53.5 Å². The second-order valence-corrected chi connectivity index (χ2v) is 5.73. The minimum absolute atomic E-state index is 0.352. The smallest absolute Gasteiger partial charge is 0.0663 e. The van der Waals surface area contributed by atoms with Gasteiger partial charge in [-0.25, -0.2) is 0 Å². The van der Waals surface area contributed by atoms with Crippen LogP contribution in [0.4, 0.5) is 5.69 Å². The number of hydrogen-bond acceptors (Lipinski definition) is 3. The molecule has 0 amide bonds. The third-order valence-electron chi connectivity index (χ3n) is 3.22. The van der Waals surface area contributed by atoms with Gasteiger partial charge in [-0.15, -0.1) is 0 Å². The van der Waals surface area contributed by atoms with Crippen LogP contribution in [-0.4, -0.2) is 33.4 Å². The summed E-state index contributed by atoms with van der Waals surface area (Å²) in [5.41, 5.74) is 2.50. The van der Waals surface area contributed by atoms with Gasteiger partial charge in [0.15, 0.2) is 0 Å². The number of likely N-dealkylation sites (N-methyl/N-ethyl adjacent to an activating group) is 1. The predicted octanol–water partition coefficient (Wildman–Crippen LogP) is 3.42. The Balaban J connectivity index is 2.70. The average Bonchev–Trinajstić information content (AvgIpc) is 2.39. The number of hydrogen-bond donors (Lipinski definition) is 1. The third-order valence-corrected chi connectivity index (χ3v) is 3.85. The first-order valence-corrected chi connectivity index (χ1v) is 7.60. The van der Waals surface area contributed by atoms with Crippen molar-refractivity contribution >= 4 is 21.6 Å². The van der Waals surface area contributed by atoms with E-state index in [1.165, 1.54) is 11.3 Å². The Bertz CT molecular complexity index is 384. The maximum absolute atomic E-state index is 5.21. The van der Waals surface area contributed by atoms with Crippen molar-refractivity contribution in [2.45, 2.75) is 32.9 Å². The molecule has 108 valence electrons. The summed E-state index contributed by atoms with van der Waals surface area (Å²) in [6.07, 6.45) is 1.16. The molecular formula is C15H25BrN2O. The van der Waals surface area contributed by atoms with Gasteiger partial charge in [-0.1, -0.05) is 13.0 Å². The van der Waals surface area contributed by atoms with Gasteiger partial charge in [-0.2, -0.15) is 0 Å². The zero-order valence-corrected chi connectivity index (χ0v) is 14.0. The number of methoxy groups -OCH3 is 1. The van der Waals surface area contributed by atoms with Crippen molar-refractivity contribution < 1.29 is 4.74 Å². The minimum Gasteiger partial charge on any atom is -0.383 e. The number of rotatable bonds is 8. The van der Waals surface area contributed by atoms with Gasteiger partial charge in [0.05, 0.1) is 12.3 Å². The van der Waals surface area contributed by atoms with Gasteiger partial charge in [-0.3, -0.25) is 0 Å². The van der Waals surface area contributed by atoms with Crippen molar-refractivity contribution in [2.24, 2.45) is 0 Å². The first kappa shape index (κ1) is 16.5. The molecule has 0 aromatic heterocycles. The van der Waals surface area contributed by atoms with Crippen LogP contribution < -0.4 is 10.2 Å². The number of ether oxygens (including phenoxy) is 1. The Labute approximate surface area is 125 Å². The van der Waals surface area contributed by atoms with Crippen LogP contribution in [0.1, 0.15) is 25.8 Å². The molecule has 0 aliphatic carbocycles. The summed E-state index contributed by atoms with van der Waals surface area (Å²) in [7, 11) is 3.83. The average molecular weight is 329 g/mol. The van der Waals surface area contributed by atoms with Crippen molar-refractivity contribution in [3.8, 4) is 0 Å². The van der Waals surface area contributed by atoms with Gasteiger partial charge < -0.3 is 15.0 Å². The van der Waals surface area contributed by atoms with Gasteiger partial charge in [0.25, 0.3) is 0 Å². The van der Waals surface area contributed by atoms with Crippen molar-refractivity contribution in [3.63, 3.8) is 0 Å². The van der Waals surface area contributed by atoms with Crippen LogP contribution in [0.15, 0.2) is 22.7 Å². The molecule has 0 radical (unpaired) electrons. The summed E-state index contributed by atoms with van der Waals surface area (Å²) in [5, 5.41) is 3.42. The van der Waals surface area contributed by atoms with E-state index in [-0.39, 0.29) is 0 Å². The minimum atomic E-state index is 0.352. The molecule has 0 heterocycles. The van der Waals surface area contributed by atoms with Gasteiger partial charge >= 0.3 is 0 Å². The number of halogens is 1. The Morgan fingerprint density at radius 1 is 1.42 bits per heavy atom. The Morgan fingerprint density at radius 2 is 2.16 bits per heavy atom.